The monoisotopic (exact) mass is 286 g/mol. The van der Waals surface area contributed by atoms with Gasteiger partial charge in [-0.05, 0) is 38.6 Å². The van der Waals surface area contributed by atoms with Gasteiger partial charge in [0.25, 0.3) is 0 Å². The van der Waals surface area contributed by atoms with Crippen molar-refractivity contribution in [1.82, 2.24) is 10.6 Å². The van der Waals surface area contributed by atoms with Gasteiger partial charge < -0.3 is 10.6 Å². The van der Waals surface area contributed by atoms with Crippen molar-refractivity contribution in [1.29, 1.82) is 0 Å². The van der Waals surface area contributed by atoms with E-state index >= 15 is 0 Å². The molecular weight excluding hydrogens is 260 g/mol. The van der Waals surface area contributed by atoms with Crippen LogP contribution in [0.15, 0.2) is 0 Å². The average molecular weight is 286 g/mol. The van der Waals surface area contributed by atoms with Gasteiger partial charge in [-0.3, -0.25) is 9.00 Å². The molecule has 0 bridgehead atoms. The van der Waals surface area contributed by atoms with E-state index < -0.39 is 10.8 Å². The highest BCUT2D eigenvalue weighted by Crippen LogP contribution is 2.23. The molecule has 2 fully saturated rings. The lowest BCUT2D eigenvalue weighted by molar-refractivity contribution is -0.126. The Bertz CT molecular complexity index is 329. The van der Waals surface area contributed by atoms with Gasteiger partial charge in [0.15, 0.2) is 0 Å². The fourth-order valence-electron chi connectivity index (χ4n) is 3.15. The van der Waals surface area contributed by atoms with E-state index in [0.29, 0.717) is 0 Å². The molecule has 1 saturated carbocycles. The van der Waals surface area contributed by atoms with E-state index in [1.54, 1.807) is 0 Å². The molecule has 0 aromatic heterocycles. The highest BCUT2D eigenvalue weighted by Gasteiger charge is 2.28. The van der Waals surface area contributed by atoms with Crippen molar-refractivity contribution in [2.75, 3.05) is 18.8 Å². The summed E-state index contributed by atoms with van der Waals surface area (Å²) in [5.74, 6) is 1.06. The second kappa shape index (κ2) is 7.39. The molecule has 2 aliphatic rings. The maximum Gasteiger partial charge on any atom is 0.224 e. The van der Waals surface area contributed by atoms with Gasteiger partial charge in [-0.15, -0.1) is 0 Å². The molecule has 1 aliphatic heterocycles. The second-order valence-corrected chi connectivity index (χ2v) is 7.71. The molecule has 0 aromatic rings. The van der Waals surface area contributed by atoms with E-state index in [1.807, 2.05) is 6.92 Å². The zero-order chi connectivity index (χ0) is 13.7. The summed E-state index contributed by atoms with van der Waals surface area (Å²) in [6, 6.07) is 0.240. The number of carbonyl (C=O) groups excluding carboxylic acids is 1. The molecule has 1 aliphatic carbocycles. The van der Waals surface area contributed by atoms with Crippen molar-refractivity contribution < 1.29 is 9.00 Å². The van der Waals surface area contributed by atoms with Crippen molar-refractivity contribution >= 4 is 16.7 Å². The van der Waals surface area contributed by atoms with Gasteiger partial charge in [0.2, 0.25) is 5.91 Å². The van der Waals surface area contributed by atoms with Crippen molar-refractivity contribution in [3.63, 3.8) is 0 Å². The van der Waals surface area contributed by atoms with Crippen LogP contribution in [-0.2, 0) is 15.6 Å². The number of piperidine rings is 1. The molecule has 4 nitrogen and oxygen atoms in total. The van der Waals surface area contributed by atoms with Gasteiger partial charge >= 0.3 is 0 Å². The lowest BCUT2D eigenvalue weighted by Crippen LogP contribution is -2.46. The Morgan fingerprint density at radius 2 is 2.16 bits per heavy atom. The van der Waals surface area contributed by atoms with E-state index in [1.165, 1.54) is 0 Å². The first-order valence-electron chi connectivity index (χ1n) is 7.59. The van der Waals surface area contributed by atoms with Gasteiger partial charge in [0.1, 0.15) is 0 Å². The topological polar surface area (TPSA) is 58.2 Å². The molecule has 0 spiro atoms. The van der Waals surface area contributed by atoms with Gasteiger partial charge in [0.05, 0.1) is 5.92 Å². The van der Waals surface area contributed by atoms with E-state index in [2.05, 4.69) is 10.6 Å². The minimum atomic E-state index is -0.717. The summed E-state index contributed by atoms with van der Waals surface area (Å²) in [5.41, 5.74) is 0. The van der Waals surface area contributed by atoms with E-state index in [4.69, 9.17) is 0 Å². The van der Waals surface area contributed by atoms with Crippen LogP contribution in [-0.4, -0.2) is 40.3 Å². The van der Waals surface area contributed by atoms with Crippen molar-refractivity contribution in [3.05, 3.63) is 0 Å². The van der Waals surface area contributed by atoms with Crippen LogP contribution in [0.1, 0.15) is 45.4 Å². The van der Waals surface area contributed by atoms with Crippen LogP contribution in [0.25, 0.3) is 0 Å². The summed E-state index contributed by atoms with van der Waals surface area (Å²) in [4.78, 5) is 12.2. The Hall–Kier alpha value is -0.420. The molecule has 0 radical (unpaired) electrons. The van der Waals surface area contributed by atoms with Crippen LogP contribution in [0.5, 0.6) is 0 Å². The Balaban J connectivity index is 1.81. The van der Waals surface area contributed by atoms with Crippen LogP contribution < -0.4 is 10.6 Å². The van der Waals surface area contributed by atoms with Crippen LogP contribution in [0, 0.1) is 5.92 Å². The fourth-order valence-corrected chi connectivity index (χ4v) is 4.49. The molecule has 0 aromatic carbocycles. The van der Waals surface area contributed by atoms with E-state index in [0.717, 1.165) is 57.4 Å². The lowest BCUT2D eigenvalue weighted by Gasteiger charge is -2.31. The van der Waals surface area contributed by atoms with E-state index in [9.17, 15) is 9.00 Å². The number of hydrogen-bond acceptors (Lipinski definition) is 3. The van der Waals surface area contributed by atoms with Gasteiger partial charge in [-0.2, -0.15) is 0 Å². The Morgan fingerprint density at radius 1 is 1.32 bits per heavy atom. The summed E-state index contributed by atoms with van der Waals surface area (Å²) in [5, 5.41) is 6.75. The van der Waals surface area contributed by atoms with Gasteiger partial charge in [-0.25, -0.2) is 0 Å². The first-order chi connectivity index (χ1) is 9.20. The number of amides is 1. The minimum absolute atomic E-state index is 0.130. The van der Waals surface area contributed by atoms with Gasteiger partial charge in [0, 0.05) is 34.4 Å². The normalized spacial score (nSPS) is 33.6. The number of carbonyl (C=O) groups is 1. The third-order valence-electron chi connectivity index (χ3n) is 4.30. The summed E-state index contributed by atoms with van der Waals surface area (Å²) in [6.07, 6.45) is 6.17. The quantitative estimate of drug-likeness (QED) is 0.816. The lowest BCUT2D eigenvalue weighted by atomic mass is 9.93. The van der Waals surface area contributed by atoms with Crippen molar-refractivity contribution in [2.24, 2.45) is 5.92 Å². The molecule has 1 heterocycles. The van der Waals surface area contributed by atoms with E-state index in [-0.39, 0.29) is 23.1 Å². The SMILES string of the molecule is CCS(=O)C1CCCC(NC(=O)C2CCCNC2)C1. The highest BCUT2D eigenvalue weighted by atomic mass is 32.2. The zero-order valence-electron chi connectivity index (χ0n) is 11.8. The molecular formula is C14H26N2O2S. The summed E-state index contributed by atoms with van der Waals surface area (Å²) in [6.45, 7) is 3.82. The second-order valence-electron chi connectivity index (χ2n) is 5.71. The Labute approximate surface area is 118 Å². The summed E-state index contributed by atoms with van der Waals surface area (Å²) in [7, 11) is -0.717. The molecule has 1 amide bonds. The smallest absolute Gasteiger partial charge is 0.224 e. The molecule has 2 N–H and O–H groups in total. The zero-order valence-corrected chi connectivity index (χ0v) is 12.6. The predicted octanol–water partition coefficient (Wildman–Crippen LogP) is 1.18. The first kappa shape index (κ1) is 15.0. The van der Waals surface area contributed by atoms with Gasteiger partial charge in [-0.1, -0.05) is 13.3 Å². The van der Waals surface area contributed by atoms with Crippen molar-refractivity contribution in [2.45, 2.75) is 56.7 Å². The molecule has 2 rings (SSSR count). The third-order valence-corrected chi connectivity index (χ3v) is 6.04. The fraction of sp³-hybridized carbons (Fsp3) is 0.929. The first-order valence-corrected chi connectivity index (χ1v) is 8.97. The molecule has 4 atom stereocenters. The maximum atomic E-state index is 12.2. The largest absolute Gasteiger partial charge is 0.353 e. The third kappa shape index (κ3) is 4.28. The molecule has 5 heteroatoms. The number of rotatable bonds is 4. The highest BCUT2D eigenvalue weighted by molar-refractivity contribution is 7.85. The molecule has 1 saturated heterocycles. The number of hydrogen-bond donors (Lipinski definition) is 2. The van der Waals surface area contributed by atoms with Crippen LogP contribution >= 0.6 is 0 Å². The minimum Gasteiger partial charge on any atom is -0.353 e. The summed E-state index contributed by atoms with van der Waals surface area (Å²) < 4.78 is 11.9. The van der Waals surface area contributed by atoms with Crippen molar-refractivity contribution in [3.8, 4) is 0 Å². The average Bonchev–Trinajstić information content (AvgIpc) is 2.47. The summed E-state index contributed by atoms with van der Waals surface area (Å²) >= 11 is 0. The predicted molar refractivity (Wildman–Crippen MR) is 78.5 cm³/mol. The Kier molecular flexibility index (Phi) is 5.82. The standard InChI is InChI=1S/C14H26N2O2S/c1-2-19(18)13-7-3-6-12(9-13)16-14(17)11-5-4-8-15-10-11/h11-13,15H,2-10H2,1H3,(H,16,17). The maximum absolute atomic E-state index is 12.2. The molecule has 110 valence electrons. The van der Waals surface area contributed by atoms with Crippen LogP contribution in [0.2, 0.25) is 0 Å². The van der Waals surface area contributed by atoms with Crippen LogP contribution in [0.3, 0.4) is 0 Å². The molecule has 4 unspecified atom stereocenters. The number of nitrogens with one attached hydrogen (secondary N) is 2. The van der Waals surface area contributed by atoms with Crippen LogP contribution in [0.4, 0.5) is 0 Å². The molecule has 19 heavy (non-hydrogen) atoms. The Morgan fingerprint density at radius 3 is 2.84 bits per heavy atom.